The lowest BCUT2D eigenvalue weighted by molar-refractivity contribution is 0.283. The van der Waals surface area contributed by atoms with Gasteiger partial charge in [0.2, 0.25) is 0 Å². The van der Waals surface area contributed by atoms with E-state index < -0.39 is 0 Å². The van der Waals surface area contributed by atoms with Gasteiger partial charge in [-0.15, -0.1) is 0 Å². The summed E-state index contributed by atoms with van der Waals surface area (Å²) in [7, 11) is 0. The second kappa shape index (κ2) is 5.57. The van der Waals surface area contributed by atoms with Crippen molar-refractivity contribution < 1.29 is 5.11 Å². The predicted octanol–water partition coefficient (Wildman–Crippen LogP) is 3.38. The standard InChI is InChI=1S/C14H24N2OS/c1-9(2)13-12(8-17)18-14(15-13)16-7-5-6-10(3)11(16)4/h9-11,17H,5-8H2,1-4H3. The molecule has 2 atom stereocenters. The molecule has 1 N–H and O–H groups in total. The van der Waals surface area contributed by atoms with E-state index in [0.29, 0.717) is 12.0 Å². The van der Waals surface area contributed by atoms with E-state index in [4.69, 9.17) is 4.98 Å². The molecular weight excluding hydrogens is 244 g/mol. The van der Waals surface area contributed by atoms with Crippen molar-refractivity contribution in [3.8, 4) is 0 Å². The van der Waals surface area contributed by atoms with Gasteiger partial charge in [0.25, 0.3) is 0 Å². The predicted molar refractivity (Wildman–Crippen MR) is 77.3 cm³/mol. The van der Waals surface area contributed by atoms with Gasteiger partial charge < -0.3 is 10.0 Å². The molecule has 1 aromatic rings. The molecule has 0 spiro atoms. The van der Waals surface area contributed by atoms with Crippen LogP contribution in [0, 0.1) is 5.92 Å². The largest absolute Gasteiger partial charge is 0.391 e. The number of piperidine rings is 1. The van der Waals surface area contributed by atoms with E-state index in [1.807, 2.05) is 0 Å². The first kappa shape index (κ1) is 13.8. The monoisotopic (exact) mass is 268 g/mol. The SMILES string of the molecule is CC(C)c1nc(N2CCCC(C)C2C)sc1CO. The van der Waals surface area contributed by atoms with Crippen molar-refractivity contribution in [3.63, 3.8) is 0 Å². The zero-order chi connectivity index (χ0) is 13.3. The molecule has 102 valence electrons. The van der Waals surface area contributed by atoms with E-state index in [1.54, 1.807) is 11.3 Å². The summed E-state index contributed by atoms with van der Waals surface area (Å²) >= 11 is 1.66. The van der Waals surface area contributed by atoms with Gasteiger partial charge in [-0.25, -0.2) is 4.98 Å². The number of nitrogens with zero attached hydrogens (tertiary/aromatic N) is 2. The lowest BCUT2D eigenvalue weighted by Gasteiger charge is -2.37. The smallest absolute Gasteiger partial charge is 0.186 e. The normalized spacial score (nSPS) is 24.9. The molecule has 1 aliphatic heterocycles. The highest BCUT2D eigenvalue weighted by Crippen LogP contribution is 2.35. The molecule has 1 aliphatic rings. The molecule has 3 nitrogen and oxygen atoms in total. The zero-order valence-corrected chi connectivity index (χ0v) is 12.6. The fourth-order valence-electron chi connectivity index (χ4n) is 2.64. The minimum atomic E-state index is 0.114. The van der Waals surface area contributed by atoms with Crippen molar-refractivity contribution in [2.24, 2.45) is 5.92 Å². The average Bonchev–Trinajstić information content (AvgIpc) is 2.76. The molecule has 2 heterocycles. The highest BCUT2D eigenvalue weighted by Gasteiger charge is 2.28. The number of hydrogen-bond donors (Lipinski definition) is 1. The van der Waals surface area contributed by atoms with Crippen LogP contribution in [0.3, 0.4) is 0 Å². The zero-order valence-electron chi connectivity index (χ0n) is 11.8. The molecule has 0 amide bonds. The Morgan fingerprint density at radius 1 is 1.44 bits per heavy atom. The van der Waals surface area contributed by atoms with Crippen molar-refractivity contribution in [2.45, 2.75) is 59.1 Å². The fourth-order valence-corrected chi connectivity index (χ4v) is 3.83. The van der Waals surface area contributed by atoms with Gasteiger partial charge in [0.15, 0.2) is 5.13 Å². The topological polar surface area (TPSA) is 36.4 Å². The van der Waals surface area contributed by atoms with Crippen LogP contribution in [0.2, 0.25) is 0 Å². The molecule has 4 heteroatoms. The number of rotatable bonds is 3. The molecule has 2 rings (SSSR count). The van der Waals surface area contributed by atoms with Crippen LogP contribution in [0.15, 0.2) is 0 Å². The fraction of sp³-hybridized carbons (Fsp3) is 0.786. The van der Waals surface area contributed by atoms with Crippen LogP contribution in [0.25, 0.3) is 0 Å². The minimum absolute atomic E-state index is 0.114. The molecule has 1 saturated heterocycles. The van der Waals surface area contributed by atoms with Crippen LogP contribution in [-0.4, -0.2) is 22.7 Å². The van der Waals surface area contributed by atoms with E-state index in [2.05, 4.69) is 32.6 Å². The molecule has 0 saturated carbocycles. The van der Waals surface area contributed by atoms with Crippen molar-refractivity contribution in [1.29, 1.82) is 0 Å². The second-order valence-corrected chi connectivity index (χ2v) is 6.73. The maximum Gasteiger partial charge on any atom is 0.186 e. The van der Waals surface area contributed by atoms with Crippen LogP contribution >= 0.6 is 11.3 Å². The summed E-state index contributed by atoms with van der Waals surface area (Å²) in [5, 5.41) is 10.5. The van der Waals surface area contributed by atoms with Gasteiger partial charge in [-0.3, -0.25) is 0 Å². The van der Waals surface area contributed by atoms with Crippen molar-refractivity contribution in [2.75, 3.05) is 11.4 Å². The third-order valence-electron chi connectivity index (χ3n) is 4.03. The van der Waals surface area contributed by atoms with Gasteiger partial charge in [0.05, 0.1) is 17.2 Å². The van der Waals surface area contributed by atoms with Crippen LogP contribution in [-0.2, 0) is 6.61 Å². The molecule has 1 aromatic heterocycles. The Morgan fingerprint density at radius 2 is 2.17 bits per heavy atom. The molecule has 0 radical (unpaired) electrons. The van der Waals surface area contributed by atoms with E-state index in [-0.39, 0.29) is 6.61 Å². The third kappa shape index (κ3) is 2.54. The van der Waals surface area contributed by atoms with Gasteiger partial charge in [-0.1, -0.05) is 32.1 Å². The number of thiazole rings is 1. The van der Waals surface area contributed by atoms with Crippen LogP contribution < -0.4 is 4.90 Å². The summed E-state index contributed by atoms with van der Waals surface area (Å²) in [6, 6.07) is 0.552. The Balaban J connectivity index is 2.27. The van der Waals surface area contributed by atoms with Crippen molar-refractivity contribution >= 4 is 16.5 Å². The number of anilines is 1. The summed E-state index contributed by atoms with van der Waals surface area (Å²) in [5.41, 5.74) is 1.07. The van der Waals surface area contributed by atoms with Gasteiger partial charge in [-0.2, -0.15) is 0 Å². The van der Waals surface area contributed by atoms with E-state index in [0.717, 1.165) is 28.2 Å². The molecule has 2 unspecified atom stereocenters. The Hall–Kier alpha value is -0.610. The van der Waals surface area contributed by atoms with Crippen LogP contribution in [0.4, 0.5) is 5.13 Å². The Morgan fingerprint density at radius 3 is 2.72 bits per heavy atom. The Labute approximate surface area is 114 Å². The van der Waals surface area contributed by atoms with E-state index in [1.165, 1.54) is 12.8 Å². The van der Waals surface area contributed by atoms with Crippen LogP contribution in [0.5, 0.6) is 0 Å². The molecule has 0 aromatic carbocycles. The third-order valence-corrected chi connectivity index (χ3v) is 5.12. The first-order valence-electron chi connectivity index (χ1n) is 6.91. The minimum Gasteiger partial charge on any atom is -0.391 e. The first-order valence-corrected chi connectivity index (χ1v) is 7.73. The molecule has 18 heavy (non-hydrogen) atoms. The van der Waals surface area contributed by atoms with E-state index in [9.17, 15) is 5.11 Å². The van der Waals surface area contributed by atoms with Gasteiger partial charge in [-0.05, 0) is 31.6 Å². The highest BCUT2D eigenvalue weighted by atomic mass is 32.1. The number of aliphatic hydroxyl groups excluding tert-OH is 1. The number of aromatic nitrogens is 1. The van der Waals surface area contributed by atoms with Gasteiger partial charge in [0, 0.05) is 12.6 Å². The van der Waals surface area contributed by atoms with Crippen molar-refractivity contribution in [1.82, 2.24) is 4.98 Å². The second-order valence-electron chi connectivity index (χ2n) is 5.67. The average molecular weight is 268 g/mol. The van der Waals surface area contributed by atoms with Crippen molar-refractivity contribution in [3.05, 3.63) is 10.6 Å². The summed E-state index contributed by atoms with van der Waals surface area (Å²) in [6.07, 6.45) is 2.56. The van der Waals surface area contributed by atoms with Gasteiger partial charge >= 0.3 is 0 Å². The summed E-state index contributed by atoms with van der Waals surface area (Å²) in [4.78, 5) is 8.23. The number of aliphatic hydroxyl groups is 1. The lowest BCUT2D eigenvalue weighted by atomic mass is 9.92. The molecular formula is C14H24N2OS. The molecule has 1 fully saturated rings. The lowest BCUT2D eigenvalue weighted by Crippen LogP contribution is -2.42. The Kier molecular flexibility index (Phi) is 4.28. The summed E-state index contributed by atoms with van der Waals surface area (Å²) in [5.74, 6) is 1.11. The summed E-state index contributed by atoms with van der Waals surface area (Å²) in [6.45, 7) is 10.1. The molecule has 0 aliphatic carbocycles. The Bertz CT molecular complexity index is 402. The maximum atomic E-state index is 9.45. The maximum absolute atomic E-state index is 9.45. The summed E-state index contributed by atoms with van der Waals surface area (Å²) < 4.78 is 0. The highest BCUT2D eigenvalue weighted by molar-refractivity contribution is 7.15. The van der Waals surface area contributed by atoms with Crippen LogP contribution in [0.1, 0.15) is 57.0 Å². The first-order chi connectivity index (χ1) is 8.54. The number of hydrogen-bond acceptors (Lipinski definition) is 4. The quantitative estimate of drug-likeness (QED) is 0.913. The van der Waals surface area contributed by atoms with Gasteiger partial charge in [0.1, 0.15) is 0 Å². The van der Waals surface area contributed by atoms with E-state index >= 15 is 0 Å². The molecule has 0 bridgehead atoms.